The Morgan fingerprint density at radius 3 is 2.53 bits per heavy atom. The minimum Gasteiger partial charge on any atom is -0.331 e. The summed E-state index contributed by atoms with van der Waals surface area (Å²) in [5.74, 6) is 0.705. The topological polar surface area (TPSA) is 32.3 Å². The first-order valence-corrected chi connectivity index (χ1v) is 7.82. The molecule has 1 aromatic heterocycles. The van der Waals surface area contributed by atoms with Crippen molar-refractivity contribution in [3.63, 3.8) is 0 Å². The molecule has 1 heterocycles. The summed E-state index contributed by atoms with van der Waals surface area (Å²) in [7, 11) is 1.90. The molecular weight excluding hydrogens is 256 g/mol. The lowest BCUT2D eigenvalue weighted by Gasteiger charge is -2.27. The van der Waals surface area contributed by atoms with E-state index in [0.717, 1.165) is 0 Å². The number of nitrogens with zero attached hydrogens (tertiary/aromatic N) is 1. The predicted molar refractivity (Wildman–Crippen MR) is 80.7 cm³/mol. The highest BCUT2D eigenvalue weighted by Crippen LogP contribution is 2.34. The Labute approximate surface area is 120 Å². The van der Waals surface area contributed by atoms with E-state index in [1.54, 1.807) is 11.3 Å². The lowest BCUT2D eigenvalue weighted by atomic mass is 10.1. The monoisotopic (exact) mass is 280 g/mol. The third kappa shape index (κ3) is 3.30. The molecule has 0 aliphatic heterocycles. The highest BCUT2D eigenvalue weighted by atomic mass is 32.1. The summed E-state index contributed by atoms with van der Waals surface area (Å²) in [6.45, 7) is 8.42. The van der Waals surface area contributed by atoms with Gasteiger partial charge in [0.2, 0.25) is 0 Å². The fraction of sp³-hybridized carbons (Fsp3) is 0.667. The van der Waals surface area contributed by atoms with Gasteiger partial charge in [-0.3, -0.25) is 0 Å². The third-order valence-corrected chi connectivity index (χ3v) is 5.10. The van der Waals surface area contributed by atoms with Crippen molar-refractivity contribution in [2.24, 2.45) is 5.92 Å². The Morgan fingerprint density at radius 2 is 2.05 bits per heavy atom. The van der Waals surface area contributed by atoms with Crippen LogP contribution in [0.5, 0.6) is 0 Å². The number of carbonyl (C=O) groups excluding carboxylic acids is 1. The second-order valence-electron chi connectivity index (χ2n) is 5.73. The molecule has 2 amide bonds. The summed E-state index contributed by atoms with van der Waals surface area (Å²) in [6, 6.07) is 2.63. The number of urea groups is 1. The highest BCUT2D eigenvalue weighted by Gasteiger charge is 2.32. The molecule has 2 rings (SSSR count). The molecule has 1 aliphatic rings. The summed E-state index contributed by atoms with van der Waals surface area (Å²) in [4.78, 5) is 16.7. The van der Waals surface area contributed by atoms with Crippen molar-refractivity contribution >= 4 is 17.4 Å². The fourth-order valence-electron chi connectivity index (χ4n) is 2.52. The Bertz CT molecular complexity index is 465. The van der Waals surface area contributed by atoms with Crippen LogP contribution in [0.2, 0.25) is 0 Å². The number of amides is 2. The molecule has 0 saturated heterocycles. The molecule has 0 spiro atoms. The van der Waals surface area contributed by atoms with E-state index >= 15 is 0 Å². The Hall–Kier alpha value is -1.03. The maximum atomic E-state index is 12.2. The van der Waals surface area contributed by atoms with E-state index in [1.807, 2.05) is 11.9 Å². The molecule has 1 fully saturated rings. The Kier molecular flexibility index (Phi) is 4.19. The molecule has 4 heteroatoms. The maximum absolute atomic E-state index is 12.2. The molecular formula is C15H24N2OS. The first-order valence-electron chi connectivity index (χ1n) is 7.00. The lowest BCUT2D eigenvalue weighted by molar-refractivity contribution is 0.185. The Balaban J connectivity index is 1.96. The van der Waals surface area contributed by atoms with E-state index in [-0.39, 0.29) is 12.1 Å². The van der Waals surface area contributed by atoms with Crippen LogP contribution in [0.25, 0.3) is 0 Å². The quantitative estimate of drug-likeness (QED) is 0.892. The van der Waals surface area contributed by atoms with E-state index in [1.165, 1.54) is 28.2 Å². The number of hydrogen-bond donors (Lipinski definition) is 1. The van der Waals surface area contributed by atoms with Crippen molar-refractivity contribution in [1.82, 2.24) is 10.2 Å². The number of thiophene rings is 1. The van der Waals surface area contributed by atoms with Crippen molar-refractivity contribution in [2.45, 2.75) is 52.6 Å². The SMILES string of the molecule is Cc1cc([C@H](C)NC(=O)N(C)[C@@H](C)C2CC2)c(C)s1. The van der Waals surface area contributed by atoms with Gasteiger partial charge in [0.15, 0.2) is 0 Å². The van der Waals surface area contributed by atoms with Crippen LogP contribution in [-0.2, 0) is 0 Å². The molecule has 1 N–H and O–H groups in total. The van der Waals surface area contributed by atoms with Crippen LogP contribution in [0, 0.1) is 19.8 Å². The number of nitrogens with one attached hydrogen (secondary N) is 1. The normalized spacial score (nSPS) is 17.9. The zero-order valence-electron chi connectivity index (χ0n) is 12.5. The minimum absolute atomic E-state index is 0.0372. The lowest BCUT2D eigenvalue weighted by Crippen LogP contribution is -2.44. The third-order valence-electron chi connectivity index (χ3n) is 4.12. The minimum atomic E-state index is 0.0372. The molecule has 106 valence electrons. The molecule has 0 radical (unpaired) electrons. The summed E-state index contributed by atoms with van der Waals surface area (Å²) in [5, 5.41) is 3.11. The summed E-state index contributed by atoms with van der Waals surface area (Å²) >= 11 is 1.79. The highest BCUT2D eigenvalue weighted by molar-refractivity contribution is 7.12. The zero-order valence-corrected chi connectivity index (χ0v) is 13.3. The summed E-state index contributed by atoms with van der Waals surface area (Å²) in [5.41, 5.74) is 1.24. The largest absolute Gasteiger partial charge is 0.331 e. The van der Waals surface area contributed by atoms with Crippen LogP contribution in [0.15, 0.2) is 6.07 Å². The summed E-state index contributed by atoms with van der Waals surface area (Å²) in [6.07, 6.45) is 2.52. The maximum Gasteiger partial charge on any atom is 0.317 e. The number of aryl methyl sites for hydroxylation is 2. The molecule has 0 bridgehead atoms. The van der Waals surface area contributed by atoms with Gasteiger partial charge in [0.1, 0.15) is 0 Å². The van der Waals surface area contributed by atoms with Gasteiger partial charge < -0.3 is 10.2 Å². The van der Waals surface area contributed by atoms with Crippen LogP contribution in [0.4, 0.5) is 4.79 Å². The first kappa shape index (κ1) is 14.4. The van der Waals surface area contributed by atoms with Crippen molar-refractivity contribution in [3.8, 4) is 0 Å². The van der Waals surface area contributed by atoms with Gasteiger partial charge in [-0.15, -0.1) is 11.3 Å². The second kappa shape index (κ2) is 5.53. The summed E-state index contributed by atoms with van der Waals surface area (Å²) < 4.78 is 0. The first-order chi connectivity index (χ1) is 8.90. The second-order valence-corrected chi connectivity index (χ2v) is 7.19. The predicted octanol–water partition coefficient (Wildman–Crippen LogP) is 3.87. The molecule has 19 heavy (non-hydrogen) atoms. The van der Waals surface area contributed by atoms with Gasteiger partial charge in [0.25, 0.3) is 0 Å². The average Bonchev–Trinajstić information content (AvgIpc) is 3.13. The fourth-order valence-corrected chi connectivity index (χ4v) is 3.55. The smallest absolute Gasteiger partial charge is 0.317 e. The molecule has 0 aromatic carbocycles. The average molecular weight is 280 g/mol. The molecule has 1 saturated carbocycles. The number of hydrogen-bond acceptors (Lipinski definition) is 2. The van der Waals surface area contributed by atoms with Crippen LogP contribution >= 0.6 is 11.3 Å². The van der Waals surface area contributed by atoms with Crippen molar-refractivity contribution in [2.75, 3.05) is 7.05 Å². The number of rotatable bonds is 4. The van der Waals surface area contributed by atoms with E-state index in [0.29, 0.717) is 12.0 Å². The van der Waals surface area contributed by atoms with Gasteiger partial charge in [-0.1, -0.05) is 0 Å². The van der Waals surface area contributed by atoms with Gasteiger partial charge in [-0.05, 0) is 58.1 Å². The molecule has 1 aliphatic carbocycles. The van der Waals surface area contributed by atoms with Gasteiger partial charge in [0.05, 0.1) is 6.04 Å². The van der Waals surface area contributed by atoms with Gasteiger partial charge >= 0.3 is 6.03 Å². The van der Waals surface area contributed by atoms with E-state index in [2.05, 4.69) is 39.1 Å². The number of carbonyl (C=O) groups is 1. The van der Waals surface area contributed by atoms with Gasteiger partial charge in [-0.25, -0.2) is 4.79 Å². The Morgan fingerprint density at radius 1 is 1.42 bits per heavy atom. The van der Waals surface area contributed by atoms with Crippen molar-refractivity contribution in [1.29, 1.82) is 0 Å². The standard InChI is InChI=1S/C15H24N2OS/c1-9-8-14(12(4)19-9)10(2)16-15(18)17(5)11(3)13-6-7-13/h8,10-11,13H,6-7H2,1-5H3,(H,16,18)/t10-,11-/m0/s1. The van der Waals surface area contributed by atoms with Gasteiger partial charge in [0, 0.05) is 22.8 Å². The van der Waals surface area contributed by atoms with Crippen LogP contribution < -0.4 is 5.32 Å². The van der Waals surface area contributed by atoms with Crippen molar-refractivity contribution < 1.29 is 4.79 Å². The molecule has 0 unspecified atom stereocenters. The van der Waals surface area contributed by atoms with Crippen LogP contribution in [0.3, 0.4) is 0 Å². The molecule has 1 aromatic rings. The van der Waals surface area contributed by atoms with Crippen LogP contribution in [-0.4, -0.2) is 24.0 Å². The van der Waals surface area contributed by atoms with Gasteiger partial charge in [-0.2, -0.15) is 0 Å². The van der Waals surface area contributed by atoms with Crippen LogP contribution in [0.1, 0.15) is 48.0 Å². The molecule has 3 nitrogen and oxygen atoms in total. The van der Waals surface area contributed by atoms with E-state index < -0.39 is 0 Å². The van der Waals surface area contributed by atoms with E-state index in [9.17, 15) is 4.79 Å². The zero-order chi connectivity index (χ0) is 14.2. The van der Waals surface area contributed by atoms with Crippen molar-refractivity contribution in [3.05, 3.63) is 21.4 Å². The molecule has 2 atom stereocenters. The van der Waals surface area contributed by atoms with E-state index in [4.69, 9.17) is 0 Å².